The largest absolute Gasteiger partial charge is 0.382 e. The minimum Gasteiger partial charge on any atom is -0.382 e. The molecule has 0 heterocycles. The molecule has 0 bridgehead atoms. The number of benzene rings is 2. The second kappa shape index (κ2) is 5.57. The minimum atomic E-state index is -0.181. The Hall–Kier alpha value is -1.35. The maximum atomic E-state index is 13.3. The molecule has 1 nitrogen and oxygen atoms in total. The lowest BCUT2D eigenvalue weighted by Crippen LogP contribution is -2.34. The Morgan fingerprint density at radius 1 is 1.15 bits per heavy atom. The van der Waals surface area contributed by atoms with E-state index in [2.05, 4.69) is 39.4 Å². The van der Waals surface area contributed by atoms with Gasteiger partial charge in [-0.1, -0.05) is 40.2 Å². The van der Waals surface area contributed by atoms with E-state index < -0.39 is 0 Å². The van der Waals surface area contributed by atoms with Crippen LogP contribution in [0.3, 0.4) is 0 Å². The van der Waals surface area contributed by atoms with E-state index in [0.717, 1.165) is 24.1 Å². The molecule has 2 aromatic rings. The zero-order valence-corrected chi connectivity index (χ0v) is 13.0. The van der Waals surface area contributed by atoms with Gasteiger partial charge in [0.2, 0.25) is 0 Å². The molecule has 20 heavy (non-hydrogen) atoms. The van der Waals surface area contributed by atoms with E-state index in [9.17, 15) is 4.39 Å². The number of nitrogens with one attached hydrogen (secondary N) is 1. The van der Waals surface area contributed by atoms with Crippen LogP contribution in [0.2, 0.25) is 0 Å². The van der Waals surface area contributed by atoms with Gasteiger partial charge in [0.1, 0.15) is 5.82 Å². The van der Waals surface area contributed by atoms with Gasteiger partial charge < -0.3 is 5.32 Å². The summed E-state index contributed by atoms with van der Waals surface area (Å²) in [5.41, 5.74) is 3.39. The fourth-order valence-corrected chi connectivity index (χ4v) is 3.37. The van der Waals surface area contributed by atoms with E-state index in [0.29, 0.717) is 12.0 Å². The van der Waals surface area contributed by atoms with Crippen molar-refractivity contribution >= 4 is 21.6 Å². The third kappa shape index (κ3) is 2.73. The highest BCUT2D eigenvalue weighted by Gasteiger charge is 2.31. The van der Waals surface area contributed by atoms with Gasteiger partial charge in [-0.15, -0.1) is 0 Å². The summed E-state index contributed by atoms with van der Waals surface area (Å²) in [4.78, 5) is 0. The predicted molar refractivity (Wildman–Crippen MR) is 84.7 cm³/mol. The molecule has 1 N–H and O–H groups in total. The van der Waals surface area contributed by atoms with Gasteiger partial charge in [0.05, 0.1) is 0 Å². The van der Waals surface area contributed by atoms with Crippen molar-refractivity contribution in [3.8, 4) is 0 Å². The molecule has 1 aliphatic rings. The molecule has 0 saturated heterocycles. The molecule has 0 aliphatic heterocycles. The van der Waals surface area contributed by atoms with Crippen LogP contribution in [0.15, 0.2) is 46.9 Å². The van der Waals surface area contributed by atoms with Crippen LogP contribution < -0.4 is 5.32 Å². The fraction of sp³-hybridized carbons (Fsp3) is 0.294. The summed E-state index contributed by atoms with van der Waals surface area (Å²) in [6.45, 7) is 2.01. The molecule has 0 amide bonds. The first-order valence-electron chi connectivity index (χ1n) is 6.90. The van der Waals surface area contributed by atoms with Crippen molar-refractivity contribution in [1.29, 1.82) is 0 Å². The maximum Gasteiger partial charge on any atom is 0.125 e. The summed E-state index contributed by atoms with van der Waals surface area (Å²) >= 11 is 3.61. The minimum absolute atomic E-state index is 0.181. The molecule has 104 valence electrons. The summed E-state index contributed by atoms with van der Waals surface area (Å²) in [5, 5.41) is 3.45. The van der Waals surface area contributed by atoms with Crippen molar-refractivity contribution in [2.75, 3.05) is 5.32 Å². The number of rotatable bonds is 3. The molecule has 1 aliphatic carbocycles. The van der Waals surface area contributed by atoms with E-state index in [1.54, 1.807) is 6.07 Å². The molecule has 0 aromatic heterocycles. The Morgan fingerprint density at radius 2 is 1.90 bits per heavy atom. The van der Waals surface area contributed by atoms with Crippen LogP contribution in [-0.2, 0) is 0 Å². The SMILES string of the molecule is Cc1ccc(F)cc1NC1CC(c2ccccc2Br)C1. The lowest BCUT2D eigenvalue weighted by molar-refractivity contribution is 0.373. The van der Waals surface area contributed by atoms with Crippen LogP contribution in [0.5, 0.6) is 0 Å². The Kier molecular flexibility index (Phi) is 3.79. The van der Waals surface area contributed by atoms with Gasteiger partial charge >= 0.3 is 0 Å². The van der Waals surface area contributed by atoms with Gasteiger partial charge in [0, 0.05) is 16.2 Å². The first-order chi connectivity index (χ1) is 9.63. The van der Waals surface area contributed by atoms with Crippen LogP contribution in [0.4, 0.5) is 10.1 Å². The lowest BCUT2D eigenvalue weighted by atomic mass is 9.76. The number of anilines is 1. The van der Waals surface area contributed by atoms with E-state index in [1.807, 2.05) is 19.1 Å². The zero-order chi connectivity index (χ0) is 14.1. The number of hydrogen-bond acceptors (Lipinski definition) is 1. The third-order valence-corrected chi connectivity index (χ3v) is 4.76. The van der Waals surface area contributed by atoms with Gasteiger partial charge in [0.25, 0.3) is 0 Å². The van der Waals surface area contributed by atoms with Crippen LogP contribution in [0.25, 0.3) is 0 Å². The van der Waals surface area contributed by atoms with Gasteiger partial charge in [-0.3, -0.25) is 0 Å². The second-order valence-corrected chi connectivity index (χ2v) is 6.34. The molecular weight excluding hydrogens is 317 g/mol. The van der Waals surface area contributed by atoms with E-state index in [-0.39, 0.29) is 5.82 Å². The number of halogens is 2. The standard InChI is InChI=1S/C17H17BrFN/c1-11-6-7-13(19)10-17(11)20-14-8-12(9-14)15-4-2-3-5-16(15)18/h2-7,10,12,14,20H,8-9H2,1H3. The highest BCUT2D eigenvalue weighted by molar-refractivity contribution is 9.10. The molecule has 1 saturated carbocycles. The van der Waals surface area contributed by atoms with Gasteiger partial charge in [-0.2, -0.15) is 0 Å². The zero-order valence-electron chi connectivity index (χ0n) is 11.4. The Labute approximate surface area is 127 Å². The summed E-state index contributed by atoms with van der Waals surface area (Å²) in [5.74, 6) is 0.414. The maximum absolute atomic E-state index is 13.3. The summed E-state index contributed by atoms with van der Waals surface area (Å²) in [7, 11) is 0. The first-order valence-corrected chi connectivity index (χ1v) is 7.70. The van der Waals surface area contributed by atoms with Crippen molar-refractivity contribution in [1.82, 2.24) is 0 Å². The number of hydrogen-bond donors (Lipinski definition) is 1. The topological polar surface area (TPSA) is 12.0 Å². The van der Waals surface area contributed by atoms with Gasteiger partial charge in [0.15, 0.2) is 0 Å². The average Bonchev–Trinajstić information content (AvgIpc) is 2.38. The summed E-state index contributed by atoms with van der Waals surface area (Å²) < 4.78 is 14.5. The first kappa shape index (κ1) is 13.6. The molecule has 3 rings (SSSR count). The number of aryl methyl sites for hydroxylation is 1. The molecule has 0 spiro atoms. The van der Waals surface area contributed by atoms with Crippen LogP contribution in [-0.4, -0.2) is 6.04 Å². The molecule has 0 atom stereocenters. The van der Waals surface area contributed by atoms with Crippen LogP contribution in [0.1, 0.15) is 29.9 Å². The van der Waals surface area contributed by atoms with E-state index in [1.165, 1.54) is 16.1 Å². The average molecular weight is 334 g/mol. The molecule has 0 unspecified atom stereocenters. The normalized spacial score (nSPS) is 21.4. The fourth-order valence-electron chi connectivity index (χ4n) is 2.77. The van der Waals surface area contributed by atoms with Crippen molar-refractivity contribution < 1.29 is 4.39 Å². The third-order valence-electron chi connectivity index (χ3n) is 4.04. The van der Waals surface area contributed by atoms with Crippen LogP contribution >= 0.6 is 15.9 Å². The molecular formula is C17H17BrFN. The van der Waals surface area contributed by atoms with Crippen molar-refractivity contribution in [2.45, 2.75) is 31.7 Å². The summed E-state index contributed by atoms with van der Waals surface area (Å²) in [6, 6.07) is 13.7. The molecule has 2 aromatic carbocycles. The monoisotopic (exact) mass is 333 g/mol. The summed E-state index contributed by atoms with van der Waals surface area (Å²) in [6.07, 6.45) is 2.19. The quantitative estimate of drug-likeness (QED) is 0.808. The van der Waals surface area contributed by atoms with Crippen molar-refractivity contribution in [3.05, 3.63) is 63.9 Å². The molecule has 1 fully saturated rings. The van der Waals surface area contributed by atoms with E-state index in [4.69, 9.17) is 0 Å². The highest BCUT2D eigenvalue weighted by Crippen LogP contribution is 2.41. The second-order valence-electron chi connectivity index (χ2n) is 5.49. The smallest absolute Gasteiger partial charge is 0.125 e. The van der Waals surface area contributed by atoms with Gasteiger partial charge in [-0.05, 0) is 55.0 Å². The Balaban J connectivity index is 1.64. The van der Waals surface area contributed by atoms with Crippen molar-refractivity contribution in [3.63, 3.8) is 0 Å². The molecule has 0 radical (unpaired) electrons. The molecule has 3 heteroatoms. The lowest BCUT2D eigenvalue weighted by Gasteiger charge is -2.37. The highest BCUT2D eigenvalue weighted by atomic mass is 79.9. The Bertz CT molecular complexity index is 620. The van der Waals surface area contributed by atoms with Gasteiger partial charge in [-0.25, -0.2) is 4.39 Å². The van der Waals surface area contributed by atoms with E-state index >= 15 is 0 Å². The predicted octanol–water partition coefficient (Wildman–Crippen LogP) is 5.25. The van der Waals surface area contributed by atoms with Crippen LogP contribution in [0, 0.1) is 12.7 Å². The Morgan fingerprint density at radius 3 is 2.65 bits per heavy atom. The van der Waals surface area contributed by atoms with Crippen molar-refractivity contribution in [2.24, 2.45) is 0 Å².